The molecule has 1 aliphatic heterocycles. The molecule has 0 spiro atoms. The number of anilines is 1. The Morgan fingerprint density at radius 2 is 1.88 bits per heavy atom. The van der Waals surface area contributed by atoms with E-state index in [-0.39, 0.29) is 5.56 Å². The fourth-order valence-electron chi connectivity index (χ4n) is 1.97. The van der Waals surface area contributed by atoms with Crippen LogP contribution in [0.1, 0.15) is 5.56 Å². The molecule has 0 aliphatic carbocycles. The van der Waals surface area contributed by atoms with Crippen molar-refractivity contribution in [1.82, 2.24) is 0 Å². The zero-order chi connectivity index (χ0) is 12.3. The fraction of sp³-hybridized carbons (Fsp3) is 0.500. The first-order valence-electron chi connectivity index (χ1n) is 5.65. The minimum atomic E-state index is -2.98. The summed E-state index contributed by atoms with van der Waals surface area (Å²) in [6.45, 7) is 1.74. The quantitative estimate of drug-likeness (QED) is 0.874. The zero-order valence-corrected chi connectivity index (χ0v) is 9.53. The molecule has 1 aromatic carbocycles. The number of ether oxygens (including phenoxy) is 1. The molecule has 1 heterocycles. The summed E-state index contributed by atoms with van der Waals surface area (Å²) in [5.41, 5.74) is 5.71. The Balaban J connectivity index is 2.33. The maximum absolute atomic E-state index is 13.7. The fourth-order valence-corrected chi connectivity index (χ4v) is 1.97. The Hall–Kier alpha value is -1.20. The molecule has 0 saturated carbocycles. The molecular weight excluding hydrogens is 226 g/mol. The predicted octanol–water partition coefficient (Wildman–Crippen LogP) is 1.57. The number of morpholine rings is 1. The second-order valence-corrected chi connectivity index (χ2v) is 4.03. The van der Waals surface area contributed by atoms with E-state index in [0.29, 0.717) is 32.0 Å². The van der Waals surface area contributed by atoms with Gasteiger partial charge in [-0.3, -0.25) is 0 Å². The van der Waals surface area contributed by atoms with E-state index in [2.05, 4.69) is 0 Å². The lowest BCUT2D eigenvalue weighted by Gasteiger charge is -2.32. The number of halogens is 2. The van der Waals surface area contributed by atoms with Crippen molar-refractivity contribution in [1.29, 1.82) is 0 Å². The number of benzene rings is 1. The van der Waals surface area contributed by atoms with Gasteiger partial charge in [-0.2, -0.15) is 8.78 Å². The van der Waals surface area contributed by atoms with Crippen LogP contribution in [0, 0.1) is 0 Å². The third-order valence-corrected chi connectivity index (χ3v) is 2.91. The van der Waals surface area contributed by atoms with E-state index in [1.54, 1.807) is 18.2 Å². The lowest BCUT2D eigenvalue weighted by molar-refractivity contribution is 0.00616. The smallest absolute Gasteiger partial charge is 0.287 e. The average Bonchev–Trinajstić information content (AvgIpc) is 2.40. The van der Waals surface area contributed by atoms with Crippen LogP contribution < -0.4 is 10.6 Å². The maximum Gasteiger partial charge on any atom is 0.287 e. The summed E-state index contributed by atoms with van der Waals surface area (Å²) in [5, 5.41) is 0. The Labute approximate surface area is 99.2 Å². The molecule has 2 N–H and O–H groups in total. The van der Waals surface area contributed by atoms with Crippen LogP contribution in [0.3, 0.4) is 0 Å². The van der Waals surface area contributed by atoms with E-state index >= 15 is 0 Å². The van der Waals surface area contributed by atoms with Crippen molar-refractivity contribution in [2.24, 2.45) is 5.73 Å². The lowest BCUT2D eigenvalue weighted by atomic mass is 10.0. The van der Waals surface area contributed by atoms with Gasteiger partial charge in [-0.1, -0.05) is 18.2 Å². The molecule has 0 bridgehead atoms. The number of nitrogens with two attached hydrogens (primary N) is 1. The number of hydrogen-bond acceptors (Lipinski definition) is 3. The monoisotopic (exact) mass is 242 g/mol. The predicted molar refractivity (Wildman–Crippen MR) is 62.4 cm³/mol. The first-order valence-corrected chi connectivity index (χ1v) is 5.65. The van der Waals surface area contributed by atoms with E-state index in [1.165, 1.54) is 6.07 Å². The van der Waals surface area contributed by atoms with Gasteiger partial charge in [0.05, 0.1) is 19.8 Å². The first kappa shape index (κ1) is 12.3. The van der Waals surface area contributed by atoms with Crippen LogP contribution in [0.15, 0.2) is 24.3 Å². The Kier molecular flexibility index (Phi) is 3.59. The molecule has 5 heteroatoms. The van der Waals surface area contributed by atoms with Gasteiger partial charge in [0.25, 0.3) is 5.92 Å². The molecular formula is C12H16F2N2O. The van der Waals surface area contributed by atoms with E-state index in [0.717, 1.165) is 0 Å². The standard InChI is InChI=1S/C12H16F2N2O/c13-12(14,9-15)10-3-1-2-4-11(10)16-5-7-17-8-6-16/h1-4H,5-9,15H2. The Morgan fingerprint density at radius 1 is 1.24 bits per heavy atom. The Morgan fingerprint density at radius 3 is 2.53 bits per heavy atom. The van der Waals surface area contributed by atoms with Gasteiger partial charge in [-0.05, 0) is 6.07 Å². The number of hydrogen-bond donors (Lipinski definition) is 1. The van der Waals surface area contributed by atoms with E-state index in [1.807, 2.05) is 4.90 Å². The van der Waals surface area contributed by atoms with Crippen molar-refractivity contribution >= 4 is 5.69 Å². The lowest BCUT2D eigenvalue weighted by Crippen LogP contribution is -2.38. The van der Waals surface area contributed by atoms with Crippen LogP contribution in [-0.4, -0.2) is 32.8 Å². The van der Waals surface area contributed by atoms with Crippen LogP contribution in [0.4, 0.5) is 14.5 Å². The van der Waals surface area contributed by atoms with Crippen LogP contribution in [0.25, 0.3) is 0 Å². The van der Waals surface area contributed by atoms with E-state index in [9.17, 15) is 8.78 Å². The van der Waals surface area contributed by atoms with Crippen LogP contribution in [-0.2, 0) is 10.7 Å². The number of rotatable bonds is 3. The third kappa shape index (κ3) is 2.56. The van der Waals surface area contributed by atoms with Gasteiger partial charge >= 0.3 is 0 Å². The highest BCUT2D eigenvalue weighted by Crippen LogP contribution is 2.34. The van der Waals surface area contributed by atoms with Crippen molar-refractivity contribution in [3.63, 3.8) is 0 Å². The van der Waals surface area contributed by atoms with Crippen molar-refractivity contribution < 1.29 is 13.5 Å². The highest BCUT2D eigenvalue weighted by atomic mass is 19.3. The van der Waals surface area contributed by atoms with Gasteiger partial charge in [-0.25, -0.2) is 0 Å². The minimum absolute atomic E-state index is 0.00407. The third-order valence-electron chi connectivity index (χ3n) is 2.91. The van der Waals surface area contributed by atoms with E-state index in [4.69, 9.17) is 10.5 Å². The summed E-state index contributed by atoms with van der Waals surface area (Å²) < 4.78 is 32.7. The molecule has 0 amide bonds. The highest BCUT2D eigenvalue weighted by molar-refractivity contribution is 5.55. The van der Waals surface area contributed by atoms with Gasteiger partial charge in [-0.15, -0.1) is 0 Å². The van der Waals surface area contributed by atoms with Crippen molar-refractivity contribution in [3.05, 3.63) is 29.8 Å². The first-order chi connectivity index (χ1) is 8.15. The summed E-state index contributed by atoms with van der Waals surface area (Å²) in [7, 11) is 0. The summed E-state index contributed by atoms with van der Waals surface area (Å²) >= 11 is 0. The number of para-hydroxylation sites is 1. The molecule has 94 valence electrons. The second kappa shape index (κ2) is 4.98. The average molecular weight is 242 g/mol. The highest BCUT2D eigenvalue weighted by Gasteiger charge is 2.33. The van der Waals surface area contributed by atoms with Crippen LogP contribution in [0.2, 0.25) is 0 Å². The molecule has 2 rings (SSSR count). The summed E-state index contributed by atoms with van der Waals surface area (Å²) in [4.78, 5) is 1.92. The van der Waals surface area contributed by atoms with Gasteiger partial charge in [0.1, 0.15) is 0 Å². The minimum Gasteiger partial charge on any atom is -0.378 e. The SMILES string of the molecule is NCC(F)(F)c1ccccc1N1CCOCC1. The molecule has 0 unspecified atom stereocenters. The molecule has 3 nitrogen and oxygen atoms in total. The molecule has 0 radical (unpaired) electrons. The summed E-state index contributed by atoms with van der Waals surface area (Å²) in [6, 6.07) is 6.53. The molecule has 1 aromatic rings. The van der Waals surface area contributed by atoms with Gasteiger partial charge in [0.2, 0.25) is 0 Å². The van der Waals surface area contributed by atoms with Crippen LogP contribution >= 0.6 is 0 Å². The molecule has 0 aromatic heterocycles. The molecule has 1 saturated heterocycles. The van der Waals surface area contributed by atoms with Gasteiger partial charge in [0.15, 0.2) is 0 Å². The summed E-state index contributed by atoms with van der Waals surface area (Å²) in [6.07, 6.45) is 0. The number of alkyl halides is 2. The van der Waals surface area contributed by atoms with Crippen molar-refractivity contribution in [2.75, 3.05) is 37.7 Å². The van der Waals surface area contributed by atoms with Gasteiger partial charge < -0.3 is 15.4 Å². The molecule has 0 atom stereocenters. The molecule has 1 fully saturated rings. The zero-order valence-electron chi connectivity index (χ0n) is 9.53. The van der Waals surface area contributed by atoms with Crippen molar-refractivity contribution in [2.45, 2.75) is 5.92 Å². The maximum atomic E-state index is 13.7. The normalized spacial score (nSPS) is 17.2. The number of nitrogens with zero attached hydrogens (tertiary/aromatic N) is 1. The second-order valence-electron chi connectivity index (χ2n) is 4.03. The Bertz CT molecular complexity index is 379. The van der Waals surface area contributed by atoms with Crippen molar-refractivity contribution in [3.8, 4) is 0 Å². The van der Waals surface area contributed by atoms with E-state index < -0.39 is 12.5 Å². The molecule has 17 heavy (non-hydrogen) atoms. The molecule has 1 aliphatic rings. The largest absolute Gasteiger partial charge is 0.378 e. The summed E-state index contributed by atoms with van der Waals surface area (Å²) in [5.74, 6) is -2.98. The van der Waals surface area contributed by atoms with Gasteiger partial charge in [0, 0.05) is 24.3 Å². The topological polar surface area (TPSA) is 38.5 Å². The van der Waals surface area contributed by atoms with Crippen LogP contribution in [0.5, 0.6) is 0 Å².